The summed E-state index contributed by atoms with van der Waals surface area (Å²) in [4.78, 5) is 13.4. The van der Waals surface area contributed by atoms with Gasteiger partial charge >= 0.3 is 0 Å². The van der Waals surface area contributed by atoms with Crippen molar-refractivity contribution in [2.75, 3.05) is 40.4 Å². The summed E-state index contributed by atoms with van der Waals surface area (Å²) < 4.78 is 5.34. The molecule has 0 unspecified atom stereocenters. The number of hydrogen-bond acceptors (Lipinski definition) is 4. The number of hydrazine groups is 1. The number of carbonyl (C=O) groups is 1. The number of likely N-dealkylation sites (N-methyl/N-ethyl adjacent to an activating group) is 1. The minimum absolute atomic E-state index is 0.0966. The van der Waals surface area contributed by atoms with Crippen LogP contribution in [0.1, 0.15) is 12.8 Å². The molecule has 2 N–H and O–H groups in total. The zero-order valence-corrected chi connectivity index (χ0v) is 9.61. The summed E-state index contributed by atoms with van der Waals surface area (Å²) in [5, 5.41) is 1.06. The summed E-state index contributed by atoms with van der Waals surface area (Å²) in [6, 6.07) is 0. The lowest BCUT2D eigenvalue weighted by Crippen LogP contribution is -2.37. The molecule has 0 saturated carbocycles. The van der Waals surface area contributed by atoms with Crippen LogP contribution in [0.4, 0.5) is 0 Å². The van der Waals surface area contributed by atoms with Gasteiger partial charge in [-0.05, 0) is 38.9 Å². The Morgan fingerprint density at radius 3 is 2.67 bits per heavy atom. The zero-order valence-electron chi connectivity index (χ0n) is 9.61. The first-order valence-corrected chi connectivity index (χ1v) is 5.37. The highest BCUT2D eigenvalue weighted by Gasteiger charge is 2.17. The average Bonchev–Trinajstić information content (AvgIpc) is 2.20. The van der Waals surface area contributed by atoms with Crippen molar-refractivity contribution < 1.29 is 9.53 Å². The normalized spacial score (nSPS) is 19.1. The molecule has 1 saturated heterocycles. The van der Waals surface area contributed by atoms with Crippen molar-refractivity contribution in [3.63, 3.8) is 0 Å². The zero-order chi connectivity index (χ0) is 11.3. The Labute approximate surface area is 91.1 Å². The number of nitrogens with zero attached hydrogens (tertiary/aromatic N) is 2. The Kier molecular flexibility index (Phi) is 5.01. The van der Waals surface area contributed by atoms with E-state index >= 15 is 0 Å². The fraction of sp³-hybridized carbons (Fsp3) is 0.900. The monoisotopic (exact) mass is 215 g/mol. The maximum atomic E-state index is 11.1. The first-order valence-electron chi connectivity index (χ1n) is 5.37. The fourth-order valence-corrected chi connectivity index (χ4v) is 1.64. The van der Waals surface area contributed by atoms with Crippen LogP contribution < -0.4 is 5.84 Å². The van der Waals surface area contributed by atoms with Crippen LogP contribution in [0, 0.1) is 5.92 Å². The van der Waals surface area contributed by atoms with Crippen molar-refractivity contribution in [3.05, 3.63) is 0 Å². The van der Waals surface area contributed by atoms with E-state index in [0.29, 0.717) is 12.5 Å². The SMILES string of the molecule is CN1CCC(COCC(=O)N(C)N)CC1. The third kappa shape index (κ3) is 4.59. The van der Waals surface area contributed by atoms with E-state index in [1.54, 1.807) is 0 Å². The number of hydrogen-bond donors (Lipinski definition) is 1. The van der Waals surface area contributed by atoms with Gasteiger partial charge < -0.3 is 9.64 Å². The van der Waals surface area contributed by atoms with Crippen LogP contribution in [0.3, 0.4) is 0 Å². The Morgan fingerprint density at radius 1 is 1.53 bits per heavy atom. The molecule has 0 spiro atoms. The largest absolute Gasteiger partial charge is 0.371 e. The third-order valence-electron chi connectivity index (χ3n) is 2.81. The van der Waals surface area contributed by atoms with Crippen molar-refractivity contribution in [1.82, 2.24) is 9.91 Å². The first kappa shape index (κ1) is 12.4. The van der Waals surface area contributed by atoms with Gasteiger partial charge in [-0.1, -0.05) is 0 Å². The highest BCUT2D eigenvalue weighted by Crippen LogP contribution is 2.15. The van der Waals surface area contributed by atoms with E-state index in [9.17, 15) is 4.79 Å². The predicted molar refractivity (Wildman–Crippen MR) is 58.0 cm³/mol. The van der Waals surface area contributed by atoms with Crippen molar-refractivity contribution in [1.29, 1.82) is 0 Å². The summed E-state index contributed by atoms with van der Waals surface area (Å²) in [6.07, 6.45) is 2.31. The maximum absolute atomic E-state index is 11.1. The van der Waals surface area contributed by atoms with Crippen LogP contribution in [0.25, 0.3) is 0 Å². The summed E-state index contributed by atoms with van der Waals surface area (Å²) in [6.45, 7) is 3.02. The van der Waals surface area contributed by atoms with Gasteiger partial charge in [0.15, 0.2) is 0 Å². The molecular formula is C10H21N3O2. The standard InChI is InChI=1S/C10H21N3O2/c1-12-5-3-9(4-6-12)7-15-8-10(14)13(2)11/h9H,3-8,11H2,1-2H3. The van der Waals surface area contributed by atoms with Gasteiger partial charge in [0.05, 0.1) is 6.61 Å². The lowest BCUT2D eigenvalue weighted by atomic mass is 9.98. The number of amides is 1. The predicted octanol–water partition coefficient (Wildman–Crippen LogP) is -0.323. The minimum Gasteiger partial charge on any atom is -0.371 e. The van der Waals surface area contributed by atoms with Crippen molar-refractivity contribution >= 4 is 5.91 Å². The van der Waals surface area contributed by atoms with Gasteiger partial charge in [-0.2, -0.15) is 0 Å². The number of piperidine rings is 1. The molecule has 5 nitrogen and oxygen atoms in total. The van der Waals surface area contributed by atoms with Crippen LogP contribution in [0.15, 0.2) is 0 Å². The number of carbonyl (C=O) groups excluding carboxylic acids is 1. The highest BCUT2D eigenvalue weighted by molar-refractivity contribution is 5.76. The van der Waals surface area contributed by atoms with Gasteiger partial charge in [0.25, 0.3) is 5.91 Å². The molecule has 5 heteroatoms. The van der Waals surface area contributed by atoms with Crippen molar-refractivity contribution in [3.8, 4) is 0 Å². The van der Waals surface area contributed by atoms with Crippen LogP contribution in [-0.4, -0.2) is 56.2 Å². The van der Waals surface area contributed by atoms with Gasteiger partial charge in [-0.15, -0.1) is 0 Å². The van der Waals surface area contributed by atoms with E-state index in [-0.39, 0.29) is 12.5 Å². The molecule has 1 aliphatic rings. The quantitative estimate of drug-likeness (QED) is 0.396. The Bertz CT molecular complexity index is 201. The Morgan fingerprint density at radius 2 is 2.13 bits per heavy atom. The molecule has 0 aromatic heterocycles. The number of likely N-dealkylation sites (tertiary alicyclic amines) is 1. The van der Waals surface area contributed by atoms with Crippen LogP contribution in [-0.2, 0) is 9.53 Å². The third-order valence-corrected chi connectivity index (χ3v) is 2.81. The molecule has 88 valence electrons. The van der Waals surface area contributed by atoms with E-state index in [0.717, 1.165) is 30.9 Å². The van der Waals surface area contributed by atoms with Gasteiger partial charge in [0.2, 0.25) is 0 Å². The van der Waals surface area contributed by atoms with Crippen LogP contribution in [0.5, 0.6) is 0 Å². The summed E-state index contributed by atoms with van der Waals surface area (Å²) in [7, 11) is 3.66. The molecule has 1 fully saturated rings. The van der Waals surface area contributed by atoms with E-state index in [2.05, 4.69) is 11.9 Å². The van der Waals surface area contributed by atoms with Gasteiger partial charge in [0, 0.05) is 7.05 Å². The molecule has 15 heavy (non-hydrogen) atoms. The molecule has 0 bridgehead atoms. The second-order valence-electron chi connectivity index (χ2n) is 4.27. The van der Waals surface area contributed by atoms with E-state index in [1.807, 2.05) is 0 Å². The molecule has 0 atom stereocenters. The summed E-state index contributed by atoms with van der Waals surface area (Å²) in [5.41, 5.74) is 0. The molecule has 0 aromatic rings. The van der Waals surface area contributed by atoms with Crippen LogP contribution >= 0.6 is 0 Å². The Balaban J connectivity index is 2.08. The molecule has 0 aromatic carbocycles. The lowest BCUT2D eigenvalue weighted by molar-refractivity contribution is -0.135. The maximum Gasteiger partial charge on any atom is 0.262 e. The number of ether oxygens (including phenoxy) is 1. The Hall–Kier alpha value is -0.650. The fourth-order valence-electron chi connectivity index (χ4n) is 1.64. The number of rotatable bonds is 4. The second-order valence-corrected chi connectivity index (χ2v) is 4.27. The topological polar surface area (TPSA) is 58.8 Å². The highest BCUT2D eigenvalue weighted by atomic mass is 16.5. The van der Waals surface area contributed by atoms with E-state index in [4.69, 9.17) is 10.6 Å². The van der Waals surface area contributed by atoms with Crippen molar-refractivity contribution in [2.45, 2.75) is 12.8 Å². The van der Waals surface area contributed by atoms with Gasteiger partial charge in [0.1, 0.15) is 6.61 Å². The molecule has 0 aliphatic carbocycles. The van der Waals surface area contributed by atoms with Gasteiger partial charge in [-0.3, -0.25) is 9.80 Å². The molecule has 1 amide bonds. The van der Waals surface area contributed by atoms with E-state index in [1.165, 1.54) is 7.05 Å². The molecule has 1 rings (SSSR count). The minimum atomic E-state index is -0.178. The molecular weight excluding hydrogens is 194 g/mol. The van der Waals surface area contributed by atoms with E-state index < -0.39 is 0 Å². The molecule has 1 aliphatic heterocycles. The molecule has 1 heterocycles. The lowest BCUT2D eigenvalue weighted by Gasteiger charge is -2.28. The first-order chi connectivity index (χ1) is 7.09. The summed E-state index contributed by atoms with van der Waals surface area (Å²) >= 11 is 0. The smallest absolute Gasteiger partial charge is 0.262 e. The number of nitrogens with two attached hydrogens (primary N) is 1. The molecule has 0 radical (unpaired) electrons. The average molecular weight is 215 g/mol. The van der Waals surface area contributed by atoms with Crippen LogP contribution in [0.2, 0.25) is 0 Å². The second kappa shape index (κ2) is 6.05. The summed E-state index contributed by atoms with van der Waals surface area (Å²) in [5.74, 6) is 5.69. The van der Waals surface area contributed by atoms with Crippen molar-refractivity contribution in [2.24, 2.45) is 11.8 Å². The van der Waals surface area contributed by atoms with Gasteiger partial charge in [-0.25, -0.2) is 5.84 Å².